The first-order valence-electron chi connectivity index (χ1n) is 5.13. The molecule has 0 fully saturated rings. The molecule has 0 atom stereocenters. The van der Waals surface area contributed by atoms with Crippen LogP contribution in [-0.2, 0) is 6.54 Å². The minimum Gasteiger partial charge on any atom is -0.379 e. The second-order valence-corrected chi connectivity index (χ2v) is 4.34. The third-order valence-electron chi connectivity index (χ3n) is 2.29. The number of nitrogens with one attached hydrogen (secondary N) is 1. The number of nitriles is 1. The number of benzene rings is 1. The number of nitrogens with zero attached hydrogens (tertiary/aromatic N) is 2. The molecule has 1 aromatic carbocycles. The Bertz CT molecular complexity index is 546. The molecule has 0 saturated heterocycles. The van der Waals surface area contributed by atoms with Gasteiger partial charge in [0.15, 0.2) is 0 Å². The fourth-order valence-electron chi connectivity index (χ4n) is 1.41. The van der Waals surface area contributed by atoms with Gasteiger partial charge in [-0.3, -0.25) is 4.98 Å². The Morgan fingerprint density at radius 2 is 2.18 bits per heavy atom. The summed E-state index contributed by atoms with van der Waals surface area (Å²) in [5, 5.41) is 12.1. The van der Waals surface area contributed by atoms with Crippen LogP contribution in [0, 0.1) is 11.3 Å². The van der Waals surface area contributed by atoms with E-state index in [4.69, 9.17) is 5.26 Å². The fraction of sp³-hybridized carbons (Fsp3) is 0.0769. The summed E-state index contributed by atoms with van der Waals surface area (Å²) >= 11 is 3.36. The number of hydrogen-bond donors (Lipinski definition) is 1. The molecule has 0 unspecified atom stereocenters. The molecule has 17 heavy (non-hydrogen) atoms. The number of rotatable bonds is 3. The van der Waals surface area contributed by atoms with Gasteiger partial charge >= 0.3 is 0 Å². The Balaban J connectivity index is 2.06. The zero-order chi connectivity index (χ0) is 12.1. The van der Waals surface area contributed by atoms with Crippen LogP contribution in [0.2, 0.25) is 0 Å². The Hall–Kier alpha value is -1.86. The van der Waals surface area contributed by atoms with Gasteiger partial charge in [0, 0.05) is 16.4 Å². The molecule has 1 N–H and O–H groups in total. The van der Waals surface area contributed by atoms with Gasteiger partial charge in [-0.1, -0.05) is 6.07 Å². The second kappa shape index (κ2) is 5.46. The standard InChI is InChI=1S/C13H10BrN3/c14-13-7-11(5-4-10(13)8-15)17-9-12-3-1-2-6-16-12/h1-7,17H,9H2. The third kappa shape index (κ3) is 3.05. The summed E-state index contributed by atoms with van der Waals surface area (Å²) in [6.45, 7) is 0.666. The van der Waals surface area contributed by atoms with E-state index in [0.29, 0.717) is 12.1 Å². The van der Waals surface area contributed by atoms with Gasteiger partial charge in [-0.25, -0.2) is 0 Å². The highest BCUT2D eigenvalue weighted by Gasteiger charge is 2.00. The maximum absolute atomic E-state index is 8.81. The molecule has 0 aliphatic heterocycles. The quantitative estimate of drug-likeness (QED) is 0.942. The molecule has 0 radical (unpaired) electrons. The zero-order valence-electron chi connectivity index (χ0n) is 9.02. The van der Waals surface area contributed by atoms with Gasteiger partial charge in [0.1, 0.15) is 6.07 Å². The van der Waals surface area contributed by atoms with E-state index in [1.54, 1.807) is 12.3 Å². The van der Waals surface area contributed by atoms with Crippen molar-refractivity contribution in [3.8, 4) is 6.07 Å². The van der Waals surface area contributed by atoms with Gasteiger partial charge in [-0.05, 0) is 46.3 Å². The molecule has 1 aromatic heterocycles. The lowest BCUT2D eigenvalue weighted by atomic mass is 10.2. The molecule has 0 aliphatic rings. The van der Waals surface area contributed by atoms with Crippen molar-refractivity contribution >= 4 is 21.6 Å². The largest absolute Gasteiger partial charge is 0.379 e. The lowest BCUT2D eigenvalue weighted by molar-refractivity contribution is 1.05. The topological polar surface area (TPSA) is 48.7 Å². The molecule has 84 valence electrons. The van der Waals surface area contributed by atoms with Crippen molar-refractivity contribution in [1.82, 2.24) is 4.98 Å². The lowest BCUT2D eigenvalue weighted by Gasteiger charge is -2.06. The highest BCUT2D eigenvalue weighted by atomic mass is 79.9. The Morgan fingerprint density at radius 1 is 1.29 bits per heavy atom. The molecule has 2 aromatic rings. The van der Waals surface area contributed by atoms with Gasteiger partial charge in [-0.2, -0.15) is 5.26 Å². The zero-order valence-corrected chi connectivity index (χ0v) is 10.6. The summed E-state index contributed by atoms with van der Waals surface area (Å²) in [6, 6.07) is 13.5. The minimum atomic E-state index is 0.633. The maximum Gasteiger partial charge on any atom is 0.100 e. The number of anilines is 1. The van der Waals surface area contributed by atoms with E-state index in [1.807, 2.05) is 30.3 Å². The Morgan fingerprint density at radius 3 is 2.82 bits per heavy atom. The molecule has 2 rings (SSSR count). The first kappa shape index (κ1) is 11.6. The first-order valence-corrected chi connectivity index (χ1v) is 5.92. The van der Waals surface area contributed by atoms with Gasteiger partial charge in [-0.15, -0.1) is 0 Å². The number of pyridine rings is 1. The highest BCUT2D eigenvalue weighted by molar-refractivity contribution is 9.10. The van der Waals surface area contributed by atoms with Crippen molar-refractivity contribution in [3.63, 3.8) is 0 Å². The summed E-state index contributed by atoms with van der Waals surface area (Å²) in [4.78, 5) is 4.22. The van der Waals surface area contributed by atoms with Crippen LogP contribution in [0.4, 0.5) is 5.69 Å². The van der Waals surface area contributed by atoms with Gasteiger partial charge < -0.3 is 5.32 Å². The van der Waals surface area contributed by atoms with Crippen LogP contribution < -0.4 is 5.32 Å². The van der Waals surface area contributed by atoms with Crippen molar-refractivity contribution in [3.05, 3.63) is 58.3 Å². The van der Waals surface area contributed by atoms with Crippen LogP contribution in [-0.4, -0.2) is 4.98 Å². The maximum atomic E-state index is 8.81. The molecule has 4 heteroatoms. The van der Waals surface area contributed by atoms with E-state index in [-0.39, 0.29) is 0 Å². The van der Waals surface area contributed by atoms with Crippen molar-refractivity contribution in [1.29, 1.82) is 5.26 Å². The molecule has 3 nitrogen and oxygen atoms in total. The van der Waals surface area contributed by atoms with Crippen molar-refractivity contribution in [2.24, 2.45) is 0 Å². The molecule has 0 aliphatic carbocycles. The second-order valence-electron chi connectivity index (χ2n) is 3.48. The molecule has 0 bridgehead atoms. The van der Waals surface area contributed by atoms with Crippen molar-refractivity contribution in [2.45, 2.75) is 6.54 Å². The monoisotopic (exact) mass is 287 g/mol. The van der Waals surface area contributed by atoms with Crippen LogP contribution in [0.5, 0.6) is 0 Å². The van der Waals surface area contributed by atoms with Crippen molar-refractivity contribution in [2.75, 3.05) is 5.32 Å². The predicted octanol–water partition coefficient (Wildman–Crippen LogP) is 3.33. The average molecular weight is 288 g/mol. The fourth-order valence-corrected chi connectivity index (χ4v) is 1.88. The first-order chi connectivity index (χ1) is 8.29. The normalized spacial score (nSPS) is 9.65. The van der Waals surface area contributed by atoms with Crippen LogP contribution in [0.3, 0.4) is 0 Å². The molecular weight excluding hydrogens is 278 g/mol. The molecule has 0 saturated carbocycles. The van der Waals surface area contributed by atoms with Crippen LogP contribution >= 0.6 is 15.9 Å². The van der Waals surface area contributed by atoms with E-state index < -0.39 is 0 Å². The Labute approximate surface area is 108 Å². The summed E-state index contributed by atoms with van der Waals surface area (Å²) < 4.78 is 0.797. The number of aromatic nitrogens is 1. The average Bonchev–Trinajstić information content (AvgIpc) is 2.38. The molecular formula is C13H10BrN3. The summed E-state index contributed by atoms with van der Waals surface area (Å²) in [6.07, 6.45) is 1.77. The summed E-state index contributed by atoms with van der Waals surface area (Å²) in [5.41, 5.74) is 2.57. The smallest absolute Gasteiger partial charge is 0.100 e. The molecule has 0 spiro atoms. The SMILES string of the molecule is N#Cc1ccc(NCc2ccccn2)cc1Br. The van der Waals surface area contributed by atoms with Gasteiger partial charge in [0.05, 0.1) is 17.8 Å². The lowest BCUT2D eigenvalue weighted by Crippen LogP contribution is -2.01. The Kier molecular flexibility index (Phi) is 3.73. The third-order valence-corrected chi connectivity index (χ3v) is 2.95. The number of hydrogen-bond acceptors (Lipinski definition) is 3. The van der Waals surface area contributed by atoms with E-state index in [2.05, 4.69) is 32.3 Å². The van der Waals surface area contributed by atoms with Crippen molar-refractivity contribution < 1.29 is 0 Å². The number of halogens is 1. The molecule has 1 heterocycles. The predicted molar refractivity (Wildman–Crippen MR) is 70.4 cm³/mol. The summed E-state index contributed by atoms with van der Waals surface area (Å²) in [7, 11) is 0. The van der Waals surface area contributed by atoms with E-state index in [1.165, 1.54) is 0 Å². The van der Waals surface area contributed by atoms with Crippen LogP contribution in [0.1, 0.15) is 11.3 Å². The summed E-state index contributed by atoms with van der Waals surface area (Å²) in [5.74, 6) is 0. The van der Waals surface area contributed by atoms with Gasteiger partial charge in [0.2, 0.25) is 0 Å². The molecule has 0 amide bonds. The van der Waals surface area contributed by atoms with Gasteiger partial charge in [0.25, 0.3) is 0 Å². The van der Waals surface area contributed by atoms with E-state index >= 15 is 0 Å². The van der Waals surface area contributed by atoms with E-state index in [9.17, 15) is 0 Å². The van der Waals surface area contributed by atoms with E-state index in [0.717, 1.165) is 15.9 Å². The highest BCUT2D eigenvalue weighted by Crippen LogP contribution is 2.21. The van der Waals surface area contributed by atoms with Crippen LogP contribution in [0.25, 0.3) is 0 Å². The minimum absolute atomic E-state index is 0.633. The van der Waals surface area contributed by atoms with Crippen LogP contribution in [0.15, 0.2) is 47.1 Å².